The Morgan fingerprint density at radius 3 is 2.70 bits per heavy atom. The van der Waals surface area contributed by atoms with Crippen LogP contribution in [0.1, 0.15) is 12.8 Å². The molecule has 0 bridgehead atoms. The first kappa shape index (κ1) is 14.7. The Hall–Kier alpha value is -1.73. The molecule has 1 aliphatic rings. The molecule has 0 unspecified atom stereocenters. The summed E-state index contributed by atoms with van der Waals surface area (Å²) in [6, 6.07) is 3.39. The van der Waals surface area contributed by atoms with E-state index >= 15 is 0 Å². The molecular weight excluding hydrogens is 278 g/mol. The second kappa shape index (κ2) is 6.15. The lowest BCUT2D eigenvalue weighted by Crippen LogP contribution is -2.49. The molecule has 6 nitrogen and oxygen atoms in total. The van der Waals surface area contributed by atoms with Crippen molar-refractivity contribution in [2.75, 3.05) is 25.6 Å². The van der Waals surface area contributed by atoms with Crippen molar-refractivity contribution in [3.05, 3.63) is 18.3 Å². The molecule has 7 heteroatoms. The number of ether oxygens (including phenoxy) is 2. The van der Waals surface area contributed by atoms with E-state index in [1.807, 2.05) is 0 Å². The highest BCUT2D eigenvalue weighted by Gasteiger charge is 2.43. The van der Waals surface area contributed by atoms with Crippen LogP contribution in [0, 0.1) is 5.41 Å². The number of hydrogen-bond acceptors (Lipinski definition) is 5. The number of carbonyl (C=O) groups excluding carboxylic acids is 1. The van der Waals surface area contributed by atoms with Gasteiger partial charge in [0, 0.05) is 19.3 Å². The van der Waals surface area contributed by atoms with Crippen molar-refractivity contribution < 1.29 is 14.3 Å². The first-order valence-corrected chi connectivity index (χ1v) is 6.68. The summed E-state index contributed by atoms with van der Waals surface area (Å²) in [5.74, 6) is 0.276. The highest BCUT2D eigenvalue weighted by Crippen LogP contribution is 2.32. The van der Waals surface area contributed by atoms with E-state index in [4.69, 9.17) is 27.4 Å². The number of nitrogens with zero attached hydrogens (tertiary/aromatic N) is 1. The minimum Gasteiger partial charge on any atom is -0.481 e. The van der Waals surface area contributed by atoms with Gasteiger partial charge in [0.15, 0.2) is 0 Å². The molecule has 108 valence electrons. The lowest BCUT2D eigenvalue weighted by Gasteiger charge is -2.34. The van der Waals surface area contributed by atoms with Gasteiger partial charge in [0.2, 0.25) is 11.8 Å². The van der Waals surface area contributed by atoms with E-state index in [9.17, 15) is 4.79 Å². The second-order valence-electron chi connectivity index (χ2n) is 4.60. The van der Waals surface area contributed by atoms with Crippen molar-refractivity contribution in [3.63, 3.8) is 0 Å². The van der Waals surface area contributed by atoms with Crippen molar-refractivity contribution >= 4 is 28.8 Å². The quantitative estimate of drug-likeness (QED) is 0.809. The fourth-order valence-electron chi connectivity index (χ4n) is 2.13. The van der Waals surface area contributed by atoms with Crippen molar-refractivity contribution in [1.82, 2.24) is 4.98 Å². The molecule has 2 rings (SSSR count). The lowest BCUT2D eigenvalue weighted by molar-refractivity contribution is -0.126. The summed E-state index contributed by atoms with van der Waals surface area (Å²) < 4.78 is 10.2. The van der Waals surface area contributed by atoms with Crippen molar-refractivity contribution in [1.29, 1.82) is 0 Å². The zero-order valence-corrected chi connectivity index (χ0v) is 12.0. The zero-order valence-electron chi connectivity index (χ0n) is 11.2. The first-order chi connectivity index (χ1) is 9.58. The predicted molar refractivity (Wildman–Crippen MR) is 78.7 cm³/mol. The van der Waals surface area contributed by atoms with Crippen LogP contribution in [0.5, 0.6) is 5.88 Å². The number of nitrogens with one attached hydrogen (secondary N) is 1. The molecule has 1 aromatic heterocycles. The minimum absolute atomic E-state index is 0.208. The standard InChI is InChI=1S/C13H17N3O3S/c1-18-10-3-2-9(8-15-10)16-12(17)13(11(14)20)4-6-19-7-5-13/h2-3,8H,4-7H2,1H3,(H2,14,20)(H,16,17). The van der Waals surface area contributed by atoms with Crippen LogP contribution >= 0.6 is 12.2 Å². The van der Waals surface area contributed by atoms with E-state index in [0.717, 1.165) is 0 Å². The molecule has 20 heavy (non-hydrogen) atoms. The summed E-state index contributed by atoms with van der Waals surface area (Å²) in [4.78, 5) is 16.7. The summed E-state index contributed by atoms with van der Waals surface area (Å²) in [7, 11) is 1.53. The molecule has 0 atom stereocenters. The second-order valence-corrected chi connectivity index (χ2v) is 5.04. The number of anilines is 1. The van der Waals surface area contributed by atoms with Gasteiger partial charge in [-0.2, -0.15) is 0 Å². The van der Waals surface area contributed by atoms with Crippen LogP contribution in [0.3, 0.4) is 0 Å². The van der Waals surface area contributed by atoms with Gasteiger partial charge in [-0.3, -0.25) is 4.79 Å². The van der Waals surface area contributed by atoms with Crippen LogP contribution in [0.25, 0.3) is 0 Å². The molecule has 0 spiro atoms. The van der Waals surface area contributed by atoms with E-state index in [0.29, 0.717) is 37.6 Å². The highest BCUT2D eigenvalue weighted by molar-refractivity contribution is 7.80. The minimum atomic E-state index is -0.840. The number of hydrogen-bond donors (Lipinski definition) is 2. The number of pyridine rings is 1. The summed E-state index contributed by atoms with van der Waals surface area (Å²) in [5, 5.41) is 2.81. The summed E-state index contributed by atoms with van der Waals surface area (Å²) >= 11 is 5.09. The van der Waals surface area contributed by atoms with Gasteiger partial charge in [-0.1, -0.05) is 12.2 Å². The van der Waals surface area contributed by atoms with Gasteiger partial charge in [0.05, 0.1) is 24.0 Å². The van der Waals surface area contributed by atoms with E-state index in [1.165, 1.54) is 13.3 Å². The van der Waals surface area contributed by atoms with E-state index in [1.54, 1.807) is 12.1 Å². The van der Waals surface area contributed by atoms with Crippen LogP contribution < -0.4 is 15.8 Å². The normalized spacial score (nSPS) is 17.2. The summed E-state index contributed by atoms with van der Waals surface area (Å²) in [5.41, 5.74) is 5.52. The summed E-state index contributed by atoms with van der Waals surface area (Å²) in [6.45, 7) is 0.956. The van der Waals surface area contributed by atoms with Gasteiger partial charge in [-0.15, -0.1) is 0 Å². The van der Waals surface area contributed by atoms with Gasteiger partial charge in [-0.05, 0) is 18.9 Å². The number of amides is 1. The maximum Gasteiger partial charge on any atom is 0.237 e. The third-order valence-corrected chi connectivity index (χ3v) is 3.85. The molecule has 2 heterocycles. The van der Waals surface area contributed by atoms with Crippen LogP contribution in [0.2, 0.25) is 0 Å². The van der Waals surface area contributed by atoms with Crippen LogP contribution in [-0.4, -0.2) is 36.2 Å². The molecule has 1 amide bonds. The SMILES string of the molecule is COc1ccc(NC(=O)C2(C(N)=S)CCOCC2)cn1. The Morgan fingerprint density at radius 2 is 2.20 bits per heavy atom. The first-order valence-electron chi connectivity index (χ1n) is 6.27. The highest BCUT2D eigenvalue weighted by atomic mass is 32.1. The molecular formula is C13H17N3O3S. The van der Waals surface area contributed by atoms with Crippen LogP contribution in [-0.2, 0) is 9.53 Å². The Kier molecular flexibility index (Phi) is 4.51. The number of nitrogens with two attached hydrogens (primary N) is 1. The third-order valence-electron chi connectivity index (χ3n) is 3.46. The van der Waals surface area contributed by atoms with E-state index < -0.39 is 5.41 Å². The maximum atomic E-state index is 12.5. The average molecular weight is 295 g/mol. The maximum absolute atomic E-state index is 12.5. The van der Waals surface area contributed by atoms with Gasteiger partial charge < -0.3 is 20.5 Å². The Morgan fingerprint density at radius 1 is 1.50 bits per heavy atom. The fourth-order valence-corrected chi connectivity index (χ4v) is 2.43. The average Bonchev–Trinajstić information content (AvgIpc) is 2.48. The van der Waals surface area contributed by atoms with E-state index in [-0.39, 0.29) is 10.9 Å². The largest absolute Gasteiger partial charge is 0.481 e. The Labute approximate surface area is 122 Å². The predicted octanol–water partition coefficient (Wildman–Crippen LogP) is 1.11. The molecule has 1 saturated heterocycles. The molecule has 0 radical (unpaired) electrons. The number of thiocarbonyl (C=S) groups is 1. The zero-order chi connectivity index (χ0) is 14.6. The van der Waals surface area contributed by atoms with Crippen molar-refractivity contribution in [3.8, 4) is 5.88 Å². The molecule has 3 N–H and O–H groups in total. The van der Waals surface area contributed by atoms with Gasteiger partial charge in [0.1, 0.15) is 5.41 Å². The lowest BCUT2D eigenvalue weighted by atomic mass is 9.79. The van der Waals surface area contributed by atoms with Crippen LogP contribution in [0.4, 0.5) is 5.69 Å². The van der Waals surface area contributed by atoms with Gasteiger partial charge >= 0.3 is 0 Å². The monoisotopic (exact) mass is 295 g/mol. The number of carbonyl (C=O) groups is 1. The number of aromatic nitrogens is 1. The van der Waals surface area contributed by atoms with Crippen molar-refractivity contribution in [2.24, 2.45) is 11.1 Å². The van der Waals surface area contributed by atoms with Crippen molar-refractivity contribution in [2.45, 2.75) is 12.8 Å². The summed E-state index contributed by atoms with van der Waals surface area (Å²) in [6.07, 6.45) is 2.53. The third kappa shape index (κ3) is 2.88. The molecule has 1 aromatic rings. The molecule has 0 saturated carbocycles. The van der Waals surface area contributed by atoms with Gasteiger partial charge in [0.25, 0.3) is 0 Å². The Balaban J connectivity index is 2.13. The Bertz CT molecular complexity index is 498. The molecule has 1 fully saturated rings. The van der Waals surface area contributed by atoms with Gasteiger partial charge in [-0.25, -0.2) is 4.98 Å². The van der Waals surface area contributed by atoms with E-state index in [2.05, 4.69) is 10.3 Å². The molecule has 0 aliphatic carbocycles. The fraction of sp³-hybridized carbons (Fsp3) is 0.462. The number of methoxy groups -OCH3 is 1. The molecule has 0 aromatic carbocycles. The number of rotatable bonds is 4. The van der Waals surface area contributed by atoms with Crippen LogP contribution in [0.15, 0.2) is 18.3 Å². The smallest absolute Gasteiger partial charge is 0.237 e. The topological polar surface area (TPSA) is 86.5 Å². The molecule has 1 aliphatic heterocycles.